The van der Waals surface area contributed by atoms with Gasteiger partial charge in [0, 0.05) is 24.9 Å². The number of rotatable bonds is 5. The Hall–Kier alpha value is -0.930. The summed E-state index contributed by atoms with van der Waals surface area (Å²) in [5, 5.41) is 3.65. The number of nitrogens with zero attached hydrogens (tertiary/aromatic N) is 1. The Labute approximate surface area is 116 Å². The first-order valence-corrected chi connectivity index (χ1v) is 7.47. The summed E-state index contributed by atoms with van der Waals surface area (Å²) in [5.41, 5.74) is 2.31. The van der Waals surface area contributed by atoms with Crippen LogP contribution in [-0.2, 0) is 11.3 Å². The number of aromatic nitrogens is 1. The second-order valence-electron chi connectivity index (χ2n) is 5.58. The zero-order valence-electron chi connectivity index (χ0n) is 12.4. The van der Waals surface area contributed by atoms with Crippen LogP contribution in [0.1, 0.15) is 50.9 Å². The van der Waals surface area contributed by atoms with Crippen LogP contribution in [0.4, 0.5) is 0 Å². The van der Waals surface area contributed by atoms with Crippen LogP contribution in [0.15, 0.2) is 18.2 Å². The average molecular weight is 262 g/mol. The van der Waals surface area contributed by atoms with E-state index in [1.165, 1.54) is 0 Å². The molecule has 3 nitrogen and oxygen atoms in total. The van der Waals surface area contributed by atoms with Crippen molar-refractivity contribution in [1.29, 1.82) is 0 Å². The van der Waals surface area contributed by atoms with Crippen LogP contribution >= 0.6 is 0 Å². The van der Waals surface area contributed by atoms with E-state index in [-0.39, 0.29) is 5.60 Å². The summed E-state index contributed by atoms with van der Waals surface area (Å²) in [6.07, 6.45) is 4.42. The summed E-state index contributed by atoms with van der Waals surface area (Å²) >= 11 is 0. The van der Waals surface area contributed by atoms with Crippen molar-refractivity contribution in [2.45, 2.75) is 64.6 Å². The highest BCUT2D eigenvalue weighted by Crippen LogP contribution is 2.31. The van der Waals surface area contributed by atoms with Gasteiger partial charge in [0.25, 0.3) is 0 Å². The number of nitrogens with one attached hydrogen (secondary N) is 1. The predicted octanol–water partition coefficient (Wildman–Crippen LogP) is 3.22. The number of pyridine rings is 1. The summed E-state index contributed by atoms with van der Waals surface area (Å²) in [6, 6.07) is 6.76. The SMILES string of the molecule is CCC1(CC)CC(NCc2cccc(C)n2)CCO1. The fraction of sp³-hybridized carbons (Fsp3) is 0.688. The van der Waals surface area contributed by atoms with E-state index >= 15 is 0 Å². The highest BCUT2D eigenvalue weighted by molar-refractivity contribution is 5.09. The molecule has 1 atom stereocenters. The van der Waals surface area contributed by atoms with Crippen molar-refractivity contribution in [3.05, 3.63) is 29.6 Å². The molecule has 19 heavy (non-hydrogen) atoms. The molecule has 0 radical (unpaired) electrons. The molecule has 1 aromatic heterocycles. The molecule has 0 aromatic carbocycles. The smallest absolute Gasteiger partial charge is 0.0692 e. The molecule has 1 fully saturated rings. The number of ether oxygens (including phenoxy) is 1. The Balaban J connectivity index is 1.89. The molecule has 0 bridgehead atoms. The lowest BCUT2D eigenvalue weighted by Gasteiger charge is -2.40. The zero-order valence-corrected chi connectivity index (χ0v) is 12.4. The van der Waals surface area contributed by atoms with E-state index in [2.05, 4.69) is 36.3 Å². The van der Waals surface area contributed by atoms with E-state index < -0.39 is 0 Å². The van der Waals surface area contributed by atoms with Crippen molar-refractivity contribution in [1.82, 2.24) is 10.3 Å². The third kappa shape index (κ3) is 3.77. The van der Waals surface area contributed by atoms with E-state index in [0.717, 1.165) is 50.2 Å². The van der Waals surface area contributed by atoms with E-state index in [9.17, 15) is 0 Å². The van der Waals surface area contributed by atoms with Crippen LogP contribution in [0.25, 0.3) is 0 Å². The fourth-order valence-electron chi connectivity index (χ4n) is 2.89. The van der Waals surface area contributed by atoms with Crippen molar-refractivity contribution in [2.24, 2.45) is 0 Å². The maximum atomic E-state index is 6.01. The van der Waals surface area contributed by atoms with E-state index in [1.807, 2.05) is 13.0 Å². The lowest BCUT2D eigenvalue weighted by atomic mass is 9.86. The van der Waals surface area contributed by atoms with Gasteiger partial charge in [0.05, 0.1) is 11.3 Å². The molecule has 1 aliphatic heterocycles. The van der Waals surface area contributed by atoms with Gasteiger partial charge in [-0.3, -0.25) is 4.98 Å². The predicted molar refractivity (Wildman–Crippen MR) is 78.1 cm³/mol. The fourth-order valence-corrected chi connectivity index (χ4v) is 2.89. The molecule has 1 saturated heterocycles. The Kier molecular flexibility index (Phi) is 4.94. The highest BCUT2D eigenvalue weighted by atomic mass is 16.5. The van der Waals surface area contributed by atoms with E-state index in [0.29, 0.717) is 6.04 Å². The molecule has 0 saturated carbocycles. The average Bonchev–Trinajstić information content (AvgIpc) is 2.45. The van der Waals surface area contributed by atoms with Crippen LogP contribution in [0.3, 0.4) is 0 Å². The Morgan fingerprint density at radius 3 is 2.84 bits per heavy atom. The van der Waals surface area contributed by atoms with Gasteiger partial charge in [0.1, 0.15) is 0 Å². The van der Waals surface area contributed by atoms with Crippen LogP contribution in [0, 0.1) is 6.92 Å². The van der Waals surface area contributed by atoms with Gasteiger partial charge in [-0.05, 0) is 44.7 Å². The second-order valence-corrected chi connectivity index (χ2v) is 5.58. The van der Waals surface area contributed by atoms with Gasteiger partial charge in [-0.15, -0.1) is 0 Å². The van der Waals surface area contributed by atoms with Crippen molar-refractivity contribution in [3.63, 3.8) is 0 Å². The first-order valence-electron chi connectivity index (χ1n) is 7.47. The molecule has 3 heteroatoms. The molecule has 1 N–H and O–H groups in total. The van der Waals surface area contributed by atoms with E-state index in [1.54, 1.807) is 0 Å². The highest BCUT2D eigenvalue weighted by Gasteiger charge is 2.34. The zero-order chi connectivity index (χ0) is 13.7. The van der Waals surface area contributed by atoms with Crippen LogP contribution in [0.5, 0.6) is 0 Å². The third-order valence-corrected chi connectivity index (χ3v) is 4.30. The van der Waals surface area contributed by atoms with Crippen molar-refractivity contribution < 1.29 is 4.74 Å². The Morgan fingerprint density at radius 2 is 2.16 bits per heavy atom. The van der Waals surface area contributed by atoms with E-state index in [4.69, 9.17) is 4.74 Å². The molecule has 0 amide bonds. The first-order chi connectivity index (χ1) is 9.17. The topological polar surface area (TPSA) is 34.2 Å². The van der Waals surface area contributed by atoms with Gasteiger partial charge < -0.3 is 10.1 Å². The third-order valence-electron chi connectivity index (χ3n) is 4.30. The number of aryl methyl sites for hydroxylation is 1. The standard InChI is InChI=1S/C16H26N2O/c1-4-16(5-2)11-14(9-10-19-16)17-12-15-8-6-7-13(3)18-15/h6-8,14,17H,4-5,9-12H2,1-3H3. The maximum absolute atomic E-state index is 6.01. The minimum atomic E-state index is 0.0932. The van der Waals surface area contributed by atoms with Gasteiger partial charge >= 0.3 is 0 Å². The van der Waals surface area contributed by atoms with Crippen LogP contribution < -0.4 is 5.32 Å². The second kappa shape index (κ2) is 6.49. The van der Waals surface area contributed by atoms with Gasteiger partial charge in [-0.25, -0.2) is 0 Å². The molecular weight excluding hydrogens is 236 g/mol. The molecular formula is C16H26N2O. The minimum absolute atomic E-state index is 0.0932. The molecule has 1 unspecified atom stereocenters. The monoisotopic (exact) mass is 262 g/mol. The molecule has 2 heterocycles. The normalized spacial score (nSPS) is 22.4. The molecule has 0 aliphatic carbocycles. The molecule has 1 aromatic rings. The summed E-state index contributed by atoms with van der Waals surface area (Å²) in [4.78, 5) is 4.54. The quantitative estimate of drug-likeness (QED) is 0.884. The number of hydrogen-bond acceptors (Lipinski definition) is 3. The summed E-state index contributed by atoms with van der Waals surface area (Å²) in [7, 11) is 0. The van der Waals surface area contributed by atoms with Gasteiger partial charge in [-0.2, -0.15) is 0 Å². The lowest BCUT2D eigenvalue weighted by molar-refractivity contribution is -0.0932. The Bertz CT molecular complexity index is 401. The van der Waals surface area contributed by atoms with Gasteiger partial charge in [-0.1, -0.05) is 19.9 Å². The first kappa shape index (κ1) is 14.5. The Morgan fingerprint density at radius 1 is 1.37 bits per heavy atom. The molecule has 0 spiro atoms. The maximum Gasteiger partial charge on any atom is 0.0692 e. The molecule has 2 rings (SSSR count). The lowest BCUT2D eigenvalue weighted by Crippen LogP contribution is -2.46. The van der Waals surface area contributed by atoms with Crippen LogP contribution in [-0.4, -0.2) is 23.2 Å². The summed E-state index contributed by atoms with van der Waals surface area (Å²) in [6.45, 7) is 8.23. The van der Waals surface area contributed by atoms with Crippen molar-refractivity contribution >= 4 is 0 Å². The molecule has 1 aliphatic rings. The number of hydrogen-bond donors (Lipinski definition) is 1. The summed E-state index contributed by atoms with van der Waals surface area (Å²) < 4.78 is 6.01. The molecule has 106 valence electrons. The minimum Gasteiger partial charge on any atom is -0.375 e. The van der Waals surface area contributed by atoms with Crippen LogP contribution in [0.2, 0.25) is 0 Å². The van der Waals surface area contributed by atoms with Crippen molar-refractivity contribution in [3.8, 4) is 0 Å². The van der Waals surface area contributed by atoms with Gasteiger partial charge in [0.2, 0.25) is 0 Å². The van der Waals surface area contributed by atoms with Gasteiger partial charge in [0.15, 0.2) is 0 Å². The summed E-state index contributed by atoms with van der Waals surface area (Å²) in [5.74, 6) is 0. The largest absolute Gasteiger partial charge is 0.375 e. The van der Waals surface area contributed by atoms with Crippen molar-refractivity contribution in [2.75, 3.05) is 6.61 Å².